The van der Waals surface area contributed by atoms with Gasteiger partial charge in [0.25, 0.3) is 0 Å². The first-order valence-corrected chi connectivity index (χ1v) is 6.70. The third-order valence-electron chi connectivity index (χ3n) is 2.75. The number of carboxylic acid groups (broad SMARTS) is 1. The van der Waals surface area contributed by atoms with Gasteiger partial charge in [-0.2, -0.15) is 0 Å². The molecule has 0 fully saturated rings. The van der Waals surface area contributed by atoms with E-state index in [4.69, 9.17) is 5.11 Å². The number of thiazole rings is 1. The second-order valence-electron chi connectivity index (χ2n) is 4.39. The summed E-state index contributed by atoms with van der Waals surface area (Å²) >= 11 is 1.64. The van der Waals surface area contributed by atoms with Gasteiger partial charge in [0.1, 0.15) is 5.69 Å². The maximum atomic E-state index is 10.9. The molecule has 0 atom stereocenters. The fraction of sp³-hybridized carbons (Fsp3) is 0.308. The van der Waals surface area contributed by atoms with Gasteiger partial charge in [0.05, 0.1) is 11.2 Å². The zero-order chi connectivity index (χ0) is 13.8. The largest absolute Gasteiger partial charge is 0.477 e. The van der Waals surface area contributed by atoms with E-state index in [2.05, 4.69) is 14.9 Å². The van der Waals surface area contributed by atoms with Crippen LogP contribution in [0.5, 0.6) is 0 Å². The molecule has 1 N–H and O–H groups in total. The Hall–Kier alpha value is -1.79. The molecule has 0 radical (unpaired) electrons. The molecular formula is C13H15N3O2S. The second-order valence-corrected chi connectivity index (χ2v) is 5.33. The van der Waals surface area contributed by atoms with Crippen LogP contribution in [0.3, 0.4) is 0 Å². The van der Waals surface area contributed by atoms with Crippen LogP contribution < -0.4 is 0 Å². The van der Waals surface area contributed by atoms with E-state index in [9.17, 15) is 4.79 Å². The minimum Gasteiger partial charge on any atom is -0.477 e. The number of aromatic carboxylic acids is 1. The van der Waals surface area contributed by atoms with Crippen molar-refractivity contribution in [2.75, 3.05) is 7.05 Å². The summed E-state index contributed by atoms with van der Waals surface area (Å²) in [5, 5.41) is 8.90. The van der Waals surface area contributed by atoms with E-state index in [-0.39, 0.29) is 5.69 Å². The van der Waals surface area contributed by atoms with E-state index in [0.717, 1.165) is 17.8 Å². The molecule has 2 aromatic heterocycles. The Balaban J connectivity index is 2.02. The van der Waals surface area contributed by atoms with Crippen LogP contribution in [0.1, 0.15) is 26.6 Å². The van der Waals surface area contributed by atoms with Gasteiger partial charge >= 0.3 is 5.97 Å². The first-order chi connectivity index (χ1) is 9.06. The molecule has 5 nitrogen and oxygen atoms in total. The van der Waals surface area contributed by atoms with Crippen molar-refractivity contribution in [1.82, 2.24) is 14.9 Å². The smallest absolute Gasteiger partial charge is 0.354 e. The lowest BCUT2D eigenvalue weighted by Crippen LogP contribution is -2.17. The Morgan fingerprint density at radius 3 is 2.84 bits per heavy atom. The average molecular weight is 277 g/mol. The van der Waals surface area contributed by atoms with Gasteiger partial charge < -0.3 is 5.11 Å². The first-order valence-electron chi connectivity index (χ1n) is 5.82. The molecule has 6 heteroatoms. The highest BCUT2D eigenvalue weighted by atomic mass is 32.1. The number of rotatable bonds is 5. The lowest BCUT2D eigenvalue weighted by Gasteiger charge is -2.16. The molecule has 0 aliphatic carbocycles. The Morgan fingerprint density at radius 2 is 2.21 bits per heavy atom. The Bertz CT molecular complexity index is 583. The third-order valence-corrected chi connectivity index (χ3v) is 3.67. The van der Waals surface area contributed by atoms with Crippen LogP contribution in [0.4, 0.5) is 0 Å². The second kappa shape index (κ2) is 5.90. The number of hydrogen-bond donors (Lipinski definition) is 1. The van der Waals surface area contributed by atoms with Gasteiger partial charge in [0, 0.05) is 24.2 Å². The standard InChI is InChI=1S/C13H15N3O2S/c1-9-12(19-8-15-9)7-16(2)6-10-3-4-14-11(5-10)13(17)18/h3-5,8H,6-7H2,1-2H3,(H,17,18). The summed E-state index contributed by atoms with van der Waals surface area (Å²) in [6.45, 7) is 3.48. The number of pyridine rings is 1. The lowest BCUT2D eigenvalue weighted by molar-refractivity contribution is 0.0690. The number of carbonyl (C=O) groups is 1. The number of carboxylic acids is 1. The summed E-state index contributed by atoms with van der Waals surface area (Å²) in [6.07, 6.45) is 1.53. The predicted octanol–water partition coefficient (Wildman–Crippen LogP) is 2.18. The van der Waals surface area contributed by atoms with Gasteiger partial charge in [-0.1, -0.05) is 0 Å². The Labute approximate surface area is 115 Å². The zero-order valence-corrected chi connectivity index (χ0v) is 11.6. The first kappa shape index (κ1) is 13.6. The van der Waals surface area contributed by atoms with Crippen LogP contribution in [0.25, 0.3) is 0 Å². The zero-order valence-electron chi connectivity index (χ0n) is 10.8. The van der Waals surface area contributed by atoms with E-state index in [1.807, 2.05) is 25.5 Å². The molecule has 0 spiro atoms. The van der Waals surface area contributed by atoms with Crippen LogP contribution in [-0.4, -0.2) is 33.0 Å². The summed E-state index contributed by atoms with van der Waals surface area (Å²) < 4.78 is 0. The highest BCUT2D eigenvalue weighted by molar-refractivity contribution is 7.09. The topological polar surface area (TPSA) is 66.3 Å². The molecule has 0 aliphatic heterocycles. The molecule has 2 heterocycles. The van der Waals surface area contributed by atoms with Crippen LogP contribution in [0.2, 0.25) is 0 Å². The third kappa shape index (κ3) is 3.59. The molecule has 0 unspecified atom stereocenters. The van der Waals surface area contributed by atoms with Crippen molar-refractivity contribution < 1.29 is 9.90 Å². The Morgan fingerprint density at radius 1 is 1.42 bits per heavy atom. The van der Waals surface area contributed by atoms with Gasteiger partial charge in [-0.3, -0.25) is 4.90 Å². The minimum atomic E-state index is -0.997. The molecule has 0 aromatic carbocycles. The Kier molecular flexibility index (Phi) is 4.24. The number of hydrogen-bond acceptors (Lipinski definition) is 5. The fourth-order valence-corrected chi connectivity index (χ4v) is 2.64. The lowest BCUT2D eigenvalue weighted by atomic mass is 10.2. The van der Waals surface area contributed by atoms with Crippen molar-refractivity contribution in [3.8, 4) is 0 Å². The SMILES string of the molecule is Cc1ncsc1CN(C)Cc1ccnc(C(=O)O)c1. The average Bonchev–Trinajstić information content (AvgIpc) is 2.75. The normalized spacial score (nSPS) is 10.9. The van der Waals surface area contributed by atoms with E-state index in [1.165, 1.54) is 11.1 Å². The van der Waals surface area contributed by atoms with Gasteiger partial charge in [-0.15, -0.1) is 11.3 Å². The van der Waals surface area contributed by atoms with Gasteiger partial charge in [0.2, 0.25) is 0 Å². The molecule has 0 aliphatic rings. The molecule has 2 aromatic rings. The van der Waals surface area contributed by atoms with Crippen molar-refractivity contribution in [3.05, 3.63) is 45.7 Å². The van der Waals surface area contributed by atoms with Crippen molar-refractivity contribution >= 4 is 17.3 Å². The van der Waals surface area contributed by atoms with Crippen LogP contribution in [0, 0.1) is 6.92 Å². The molecule has 0 saturated heterocycles. The summed E-state index contributed by atoms with van der Waals surface area (Å²) in [5.74, 6) is -0.997. The fourth-order valence-electron chi connectivity index (χ4n) is 1.78. The predicted molar refractivity (Wildman–Crippen MR) is 73.2 cm³/mol. The highest BCUT2D eigenvalue weighted by Crippen LogP contribution is 2.15. The number of nitrogens with zero attached hydrogens (tertiary/aromatic N) is 3. The summed E-state index contributed by atoms with van der Waals surface area (Å²) in [7, 11) is 2.00. The molecular weight excluding hydrogens is 262 g/mol. The minimum absolute atomic E-state index is 0.0832. The summed E-state index contributed by atoms with van der Waals surface area (Å²) in [5.41, 5.74) is 3.92. The van der Waals surface area contributed by atoms with E-state index >= 15 is 0 Å². The maximum absolute atomic E-state index is 10.9. The quantitative estimate of drug-likeness (QED) is 0.907. The van der Waals surface area contributed by atoms with Crippen molar-refractivity contribution in [1.29, 1.82) is 0 Å². The number of aryl methyl sites for hydroxylation is 1. The van der Waals surface area contributed by atoms with Crippen molar-refractivity contribution in [2.24, 2.45) is 0 Å². The molecule has 0 bridgehead atoms. The van der Waals surface area contributed by atoms with Crippen molar-refractivity contribution in [2.45, 2.75) is 20.0 Å². The van der Waals surface area contributed by atoms with Gasteiger partial charge in [-0.05, 0) is 31.7 Å². The van der Waals surface area contributed by atoms with Crippen LogP contribution in [-0.2, 0) is 13.1 Å². The number of aromatic nitrogens is 2. The van der Waals surface area contributed by atoms with E-state index < -0.39 is 5.97 Å². The molecule has 0 saturated carbocycles. The molecule has 100 valence electrons. The monoisotopic (exact) mass is 277 g/mol. The van der Waals surface area contributed by atoms with Gasteiger partial charge in [0.15, 0.2) is 0 Å². The van der Waals surface area contributed by atoms with Crippen LogP contribution >= 0.6 is 11.3 Å². The highest BCUT2D eigenvalue weighted by Gasteiger charge is 2.09. The molecule has 19 heavy (non-hydrogen) atoms. The van der Waals surface area contributed by atoms with Crippen LogP contribution in [0.15, 0.2) is 23.8 Å². The summed E-state index contributed by atoms with van der Waals surface area (Å²) in [6, 6.07) is 3.45. The van der Waals surface area contributed by atoms with E-state index in [1.54, 1.807) is 17.4 Å². The molecule has 2 rings (SSSR count). The maximum Gasteiger partial charge on any atom is 0.354 e. The van der Waals surface area contributed by atoms with E-state index in [0.29, 0.717) is 6.54 Å². The molecule has 0 amide bonds. The van der Waals surface area contributed by atoms with Gasteiger partial charge in [-0.25, -0.2) is 14.8 Å². The summed E-state index contributed by atoms with van der Waals surface area (Å²) in [4.78, 5) is 22.2. The van der Waals surface area contributed by atoms with Crippen molar-refractivity contribution in [3.63, 3.8) is 0 Å².